The molecular weight excluding hydrogens is 486 g/mol. The predicted octanol–water partition coefficient (Wildman–Crippen LogP) is 7.48. The zero-order chi connectivity index (χ0) is 27.0. The van der Waals surface area contributed by atoms with Crippen LogP contribution in [0, 0.1) is 5.92 Å². The second kappa shape index (κ2) is 12.8. The third kappa shape index (κ3) is 7.38. The van der Waals surface area contributed by atoms with Crippen LogP contribution in [0.1, 0.15) is 72.0 Å². The minimum Gasteiger partial charge on any atom is -0.494 e. The van der Waals surface area contributed by atoms with Crippen LogP contribution in [0.5, 0.6) is 5.75 Å². The highest BCUT2D eigenvalue weighted by Gasteiger charge is 2.21. The molecule has 3 aromatic carbocycles. The molecule has 202 valence electrons. The maximum Gasteiger partial charge on any atom is 0.303 e. The van der Waals surface area contributed by atoms with Crippen LogP contribution in [0.15, 0.2) is 79.0 Å². The Kier molecular flexibility index (Phi) is 8.77. The molecule has 0 aliphatic heterocycles. The van der Waals surface area contributed by atoms with Gasteiger partial charge in [-0.25, -0.2) is 0 Å². The van der Waals surface area contributed by atoms with E-state index in [0.717, 1.165) is 48.3 Å². The number of ketones is 1. The van der Waals surface area contributed by atoms with Gasteiger partial charge in [-0.3, -0.25) is 9.59 Å². The first-order chi connectivity index (χ1) is 19.1. The molecule has 0 bridgehead atoms. The molecule has 5 nitrogen and oxygen atoms in total. The lowest BCUT2D eigenvalue weighted by Crippen LogP contribution is -2.03. The van der Waals surface area contributed by atoms with Crippen LogP contribution >= 0.6 is 0 Å². The van der Waals surface area contributed by atoms with E-state index in [-0.39, 0.29) is 12.2 Å². The van der Waals surface area contributed by atoms with Crippen LogP contribution in [0.4, 0.5) is 0 Å². The highest BCUT2D eigenvalue weighted by Crippen LogP contribution is 2.32. The number of benzene rings is 3. The summed E-state index contributed by atoms with van der Waals surface area (Å²) in [5.74, 6) is 0.850. The van der Waals surface area contributed by atoms with E-state index in [4.69, 9.17) is 9.84 Å². The number of unbranched alkanes of at least 4 members (excludes halogenated alkanes) is 2. The number of rotatable bonds is 15. The fraction of sp³-hybridized carbons (Fsp3) is 0.353. The first kappa shape index (κ1) is 26.7. The van der Waals surface area contributed by atoms with Crippen molar-refractivity contribution in [3.05, 3.63) is 101 Å². The van der Waals surface area contributed by atoms with Gasteiger partial charge in [-0.15, -0.1) is 0 Å². The van der Waals surface area contributed by atoms with Crippen molar-refractivity contribution in [3.63, 3.8) is 0 Å². The minimum absolute atomic E-state index is 0.0460. The van der Waals surface area contributed by atoms with Crippen LogP contribution in [0.25, 0.3) is 10.9 Å². The van der Waals surface area contributed by atoms with Crippen LogP contribution < -0.4 is 4.74 Å². The number of carboxylic acid groups (broad SMARTS) is 1. The molecule has 0 atom stereocenters. The summed E-state index contributed by atoms with van der Waals surface area (Å²) in [6.45, 7) is 1.22. The number of hydrogen-bond acceptors (Lipinski definition) is 3. The second-order valence-corrected chi connectivity index (χ2v) is 10.7. The van der Waals surface area contributed by atoms with Gasteiger partial charge in [-0.1, -0.05) is 42.5 Å². The smallest absolute Gasteiger partial charge is 0.303 e. The molecular formula is C34H37NO4. The average Bonchev–Trinajstić information content (AvgIpc) is 3.70. The lowest BCUT2D eigenvalue weighted by Gasteiger charge is -2.08. The van der Waals surface area contributed by atoms with Gasteiger partial charge in [0.2, 0.25) is 0 Å². The van der Waals surface area contributed by atoms with Gasteiger partial charge in [0.25, 0.3) is 0 Å². The van der Waals surface area contributed by atoms with Gasteiger partial charge in [0.1, 0.15) is 5.75 Å². The average molecular weight is 524 g/mol. The number of carbonyl (C=O) groups excluding carboxylic acids is 1. The number of aromatic nitrogens is 1. The number of ether oxygens (including phenoxy) is 1. The highest BCUT2D eigenvalue weighted by molar-refractivity contribution is 6.16. The van der Waals surface area contributed by atoms with Crippen molar-refractivity contribution < 1.29 is 19.4 Å². The Morgan fingerprint density at radius 1 is 0.846 bits per heavy atom. The molecule has 5 heteroatoms. The maximum atomic E-state index is 13.3. The maximum absolute atomic E-state index is 13.3. The number of aryl methyl sites for hydroxylation is 2. The SMILES string of the molecule is O=C(O)CCCn1cc(C(=O)c2ccc(OCCCCCc3ccc(CC4CC4)cc3)cc2)c2ccccc21. The minimum atomic E-state index is -0.811. The topological polar surface area (TPSA) is 68.5 Å². The van der Waals surface area contributed by atoms with Gasteiger partial charge in [-0.2, -0.15) is 0 Å². The lowest BCUT2D eigenvalue weighted by atomic mass is 10.0. The van der Waals surface area contributed by atoms with Crippen molar-refractivity contribution in [2.24, 2.45) is 5.92 Å². The standard InChI is InChI=1S/C34H37NO4/c36-33(37)10-6-21-35-24-31(30-8-3-4-9-32(30)35)34(38)28-17-19-29(20-18-28)39-22-5-1-2-7-25-11-13-26(14-12-25)23-27-15-16-27/h3-4,8-9,11-14,17-20,24,27H,1-2,5-7,10,15-16,21-23H2,(H,36,37). The fourth-order valence-corrected chi connectivity index (χ4v) is 5.17. The van der Waals surface area contributed by atoms with E-state index in [1.807, 2.05) is 59.3 Å². The number of carboxylic acids is 1. The van der Waals surface area contributed by atoms with Crippen molar-refractivity contribution in [1.82, 2.24) is 4.57 Å². The summed E-state index contributed by atoms with van der Waals surface area (Å²) >= 11 is 0. The van der Waals surface area contributed by atoms with E-state index in [1.54, 1.807) is 0 Å². The molecule has 1 fully saturated rings. The third-order valence-corrected chi connectivity index (χ3v) is 7.56. The first-order valence-corrected chi connectivity index (χ1v) is 14.2. The molecule has 39 heavy (non-hydrogen) atoms. The highest BCUT2D eigenvalue weighted by atomic mass is 16.5. The van der Waals surface area contributed by atoms with E-state index in [9.17, 15) is 9.59 Å². The predicted molar refractivity (Wildman–Crippen MR) is 155 cm³/mol. The number of carbonyl (C=O) groups is 2. The number of nitrogens with zero attached hydrogens (tertiary/aromatic N) is 1. The van der Waals surface area contributed by atoms with E-state index in [2.05, 4.69) is 24.3 Å². The molecule has 0 radical (unpaired) electrons. The second-order valence-electron chi connectivity index (χ2n) is 10.7. The molecule has 1 heterocycles. The summed E-state index contributed by atoms with van der Waals surface area (Å²) in [5.41, 5.74) is 5.07. The third-order valence-electron chi connectivity index (χ3n) is 7.56. The molecule has 1 saturated carbocycles. The zero-order valence-electron chi connectivity index (χ0n) is 22.5. The normalized spacial score (nSPS) is 13.0. The van der Waals surface area contributed by atoms with Crippen molar-refractivity contribution in [1.29, 1.82) is 0 Å². The summed E-state index contributed by atoms with van der Waals surface area (Å²) in [6, 6.07) is 24.3. The van der Waals surface area contributed by atoms with E-state index < -0.39 is 5.97 Å². The summed E-state index contributed by atoms with van der Waals surface area (Å²) in [4.78, 5) is 24.2. The van der Waals surface area contributed by atoms with Crippen molar-refractivity contribution in [2.45, 2.75) is 64.3 Å². The number of hydrogen-bond donors (Lipinski definition) is 1. The summed E-state index contributed by atoms with van der Waals surface area (Å²) < 4.78 is 7.91. The van der Waals surface area contributed by atoms with Crippen molar-refractivity contribution in [2.75, 3.05) is 6.61 Å². The Balaban J connectivity index is 1.08. The van der Waals surface area contributed by atoms with Gasteiger partial charge in [0.05, 0.1) is 6.61 Å². The molecule has 1 aliphatic rings. The lowest BCUT2D eigenvalue weighted by molar-refractivity contribution is -0.137. The molecule has 0 amide bonds. The Hall–Kier alpha value is -3.86. The van der Waals surface area contributed by atoms with E-state index >= 15 is 0 Å². The van der Waals surface area contributed by atoms with Crippen LogP contribution in [-0.4, -0.2) is 28.0 Å². The summed E-state index contributed by atoms with van der Waals surface area (Å²) in [5, 5.41) is 9.84. The molecule has 0 unspecified atom stereocenters. The van der Waals surface area contributed by atoms with E-state index in [1.165, 1.54) is 30.4 Å². The monoisotopic (exact) mass is 523 g/mol. The number of para-hydroxylation sites is 1. The molecule has 0 saturated heterocycles. The summed E-state index contributed by atoms with van der Waals surface area (Å²) in [7, 11) is 0. The Bertz CT molecular complexity index is 1400. The van der Waals surface area contributed by atoms with Crippen molar-refractivity contribution in [3.8, 4) is 5.75 Å². The number of aliphatic carboxylic acids is 1. The molecule has 0 spiro atoms. The van der Waals surface area contributed by atoms with Gasteiger partial charge in [-0.05, 0) is 98.7 Å². The molecule has 1 aliphatic carbocycles. The largest absolute Gasteiger partial charge is 0.494 e. The van der Waals surface area contributed by atoms with Crippen molar-refractivity contribution >= 4 is 22.7 Å². The Labute approximate surface area is 230 Å². The Morgan fingerprint density at radius 3 is 2.33 bits per heavy atom. The van der Waals surface area contributed by atoms with E-state index in [0.29, 0.717) is 30.7 Å². The van der Waals surface area contributed by atoms with Gasteiger partial charge < -0.3 is 14.4 Å². The van der Waals surface area contributed by atoms with Crippen LogP contribution in [-0.2, 0) is 24.2 Å². The first-order valence-electron chi connectivity index (χ1n) is 14.2. The summed E-state index contributed by atoms with van der Waals surface area (Å²) in [6.07, 6.45) is 10.9. The molecule has 1 aromatic heterocycles. The van der Waals surface area contributed by atoms with Gasteiger partial charge in [0.15, 0.2) is 5.78 Å². The van der Waals surface area contributed by atoms with Gasteiger partial charge >= 0.3 is 5.97 Å². The number of fused-ring (bicyclic) bond motifs is 1. The van der Waals surface area contributed by atoms with Crippen LogP contribution in [0.2, 0.25) is 0 Å². The van der Waals surface area contributed by atoms with Crippen LogP contribution in [0.3, 0.4) is 0 Å². The quantitative estimate of drug-likeness (QED) is 0.130. The van der Waals surface area contributed by atoms with Gasteiger partial charge in [0, 0.05) is 41.2 Å². The fourth-order valence-electron chi connectivity index (χ4n) is 5.17. The molecule has 4 aromatic rings. The zero-order valence-corrected chi connectivity index (χ0v) is 22.5. The molecule has 1 N–H and O–H groups in total. The molecule has 5 rings (SSSR count). The Morgan fingerprint density at radius 2 is 1.59 bits per heavy atom.